The van der Waals surface area contributed by atoms with Crippen molar-refractivity contribution in [3.05, 3.63) is 57.9 Å². The molecule has 0 heterocycles. The summed E-state index contributed by atoms with van der Waals surface area (Å²) in [4.78, 5) is 22.5. The number of ketones is 1. The highest BCUT2D eigenvalue weighted by Gasteiger charge is 2.22. The van der Waals surface area contributed by atoms with Gasteiger partial charge in [-0.15, -0.1) is 0 Å². The summed E-state index contributed by atoms with van der Waals surface area (Å²) in [7, 11) is 0. The van der Waals surface area contributed by atoms with E-state index in [0.29, 0.717) is 24.2 Å². The molecule has 2 aromatic rings. The predicted octanol–water partition coefficient (Wildman–Crippen LogP) is 5.02. The van der Waals surface area contributed by atoms with Crippen molar-refractivity contribution in [3.8, 4) is 11.5 Å². The molecule has 30 heavy (non-hydrogen) atoms. The number of nitrogens with one attached hydrogen (secondary N) is 1. The van der Waals surface area contributed by atoms with E-state index < -0.39 is 11.7 Å². The third-order valence-electron chi connectivity index (χ3n) is 4.83. The average Bonchev–Trinajstić information content (AvgIpc) is 2.65. The Morgan fingerprint density at radius 3 is 2.53 bits per heavy atom. The Kier molecular flexibility index (Phi) is 8.38. The number of amides is 1. The number of carbonyl (C=O) groups is 2. The quantitative estimate of drug-likeness (QED) is 0.550. The molecule has 162 valence electrons. The largest absolute Gasteiger partial charge is 0.453 e. The molecule has 0 aliphatic carbocycles. The number of ether oxygens (including phenoxy) is 1. The van der Waals surface area contributed by atoms with Crippen LogP contribution in [0.5, 0.6) is 11.5 Å². The zero-order valence-corrected chi connectivity index (χ0v) is 18.5. The number of rotatable bonds is 10. The van der Waals surface area contributed by atoms with Gasteiger partial charge in [0.2, 0.25) is 5.91 Å². The third-order valence-corrected chi connectivity index (χ3v) is 5.13. The molecule has 2 aromatic carbocycles. The summed E-state index contributed by atoms with van der Waals surface area (Å²) < 4.78 is 21.1. The molecule has 0 aromatic heterocycles. The first-order valence-corrected chi connectivity index (χ1v) is 10.3. The minimum Gasteiger partial charge on any atom is -0.453 e. The lowest BCUT2D eigenvalue weighted by molar-refractivity contribution is -0.118. The van der Waals surface area contributed by atoms with Gasteiger partial charge in [0.1, 0.15) is 11.5 Å². The van der Waals surface area contributed by atoms with E-state index in [1.54, 1.807) is 30.3 Å². The van der Waals surface area contributed by atoms with Crippen LogP contribution in [0.2, 0.25) is 5.02 Å². The van der Waals surface area contributed by atoms with Crippen LogP contribution in [0.1, 0.15) is 56.3 Å². The number of halogens is 2. The molecule has 3 N–H and O–H groups in total. The first-order valence-electron chi connectivity index (χ1n) is 9.91. The molecule has 0 saturated carbocycles. The Hall–Kier alpha value is -2.44. The minimum atomic E-state index is -0.557. The van der Waals surface area contributed by atoms with Crippen molar-refractivity contribution in [3.63, 3.8) is 0 Å². The molecule has 2 rings (SSSR count). The fourth-order valence-electron chi connectivity index (χ4n) is 3.36. The normalized spacial score (nSPS) is 13.0. The molecule has 0 unspecified atom stereocenters. The van der Waals surface area contributed by atoms with Crippen LogP contribution < -0.4 is 15.8 Å². The number of hydrogen-bond acceptors (Lipinski definition) is 4. The molecule has 2 atom stereocenters. The molecular weight excluding hydrogens is 407 g/mol. The maximum atomic E-state index is 15.3. The maximum Gasteiger partial charge on any atom is 0.218 e. The second kappa shape index (κ2) is 10.5. The zero-order chi connectivity index (χ0) is 22.4. The van der Waals surface area contributed by atoms with Crippen LogP contribution in [-0.4, -0.2) is 17.7 Å². The lowest BCUT2D eigenvalue weighted by Gasteiger charge is -2.23. The van der Waals surface area contributed by atoms with Gasteiger partial charge in [0.15, 0.2) is 11.6 Å². The van der Waals surface area contributed by atoms with Crippen molar-refractivity contribution in [1.29, 1.82) is 0 Å². The van der Waals surface area contributed by atoms with Gasteiger partial charge in [-0.25, -0.2) is 4.39 Å². The lowest BCUT2D eigenvalue weighted by Crippen LogP contribution is -2.34. The van der Waals surface area contributed by atoms with E-state index in [-0.39, 0.29) is 35.1 Å². The topological polar surface area (TPSA) is 81.4 Å². The molecule has 0 aliphatic heterocycles. The van der Waals surface area contributed by atoms with Gasteiger partial charge in [0.05, 0.1) is 5.02 Å². The molecular formula is C23H28ClFN2O3. The number of nitrogens with two attached hydrogens (primary N) is 1. The average molecular weight is 435 g/mol. The van der Waals surface area contributed by atoms with Crippen molar-refractivity contribution in [2.45, 2.75) is 59.0 Å². The van der Waals surface area contributed by atoms with E-state index in [1.165, 1.54) is 6.92 Å². The first-order chi connectivity index (χ1) is 14.1. The number of Topliss-reactive ketones (excluding diaryl/α,β-unsaturated/α-hetero) is 1. The van der Waals surface area contributed by atoms with Gasteiger partial charge in [-0.05, 0) is 56.5 Å². The van der Waals surface area contributed by atoms with Crippen LogP contribution in [0.4, 0.5) is 4.39 Å². The predicted molar refractivity (Wildman–Crippen MR) is 116 cm³/mol. The summed E-state index contributed by atoms with van der Waals surface area (Å²) in [6.07, 6.45) is 1.09. The summed E-state index contributed by atoms with van der Waals surface area (Å²) in [6.45, 7) is 7.15. The summed E-state index contributed by atoms with van der Waals surface area (Å²) >= 11 is 6.22. The molecule has 0 radical (unpaired) electrons. The van der Waals surface area contributed by atoms with Gasteiger partial charge in [-0.2, -0.15) is 0 Å². The molecule has 5 nitrogen and oxygen atoms in total. The van der Waals surface area contributed by atoms with Crippen LogP contribution in [-0.2, 0) is 16.0 Å². The smallest absolute Gasteiger partial charge is 0.218 e. The second-order valence-corrected chi connectivity index (χ2v) is 7.96. The first kappa shape index (κ1) is 23.8. The third kappa shape index (κ3) is 6.28. The SMILES string of the molecule is CC[C@@H](N[C@@H](C)CC(N)=O)c1ccc(Cl)c(Oc2ccc(CC(C)=O)c(C)c2)c1F. The Bertz CT molecular complexity index is 933. The molecule has 7 heteroatoms. The van der Waals surface area contributed by atoms with E-state index in [1.807, 2.05) is 20.8 Å². The van der Waals surface area contributed by atoms with Crippen molar-refractivity contribution >= 4 is 23.3 Å². The van der Waals surface area contributed by atoms with E-state index in [9.17, 15) is 9.59 Å². The highest BCUT2D eigenvalue weighted by atomic mass is 35.5. The van der Waals surface area contributed by atoms with E-state index >= 15 is 4.39 Å². The maximum absolute atomic E-state index is 15.3. The van der Waals surface area contributed by atoms with E-state index in [0.717, 1.165) is 11.1 Å². The standard InChI is InChI=1S/C23H28ClFN2O3/c1-5-20(27-14(3)11-21(26)29)18-8-9-19(24)23(22(18)25)30-17-7-6-16(12-15(4)28)13(2)10-17/h6-10,14,20,27H,5,11-12H2,1-4H3,(H2,26,29)/t14-,20+/m0/s1. The van der Waals surface area contributed by atoms with Crippen LogP contribution in [0, 0.1) is 12.7 Å². The highest BCUT2D eigenvalue weighted by Crippen LogP contribution is 2.37. The molecule has 0 saturated heterocycles. The number of aryl methyl sites for hydroxylation is 1. The Morgan fingerprint density at radius 2 is 1.97 bits per heavy atom. The monoisotopic (exact) mass is 434 g/mol. The van der Waals surface area contributed by atoms with Crippen LogP contribution >= 0.6 is 11.6 Å². The van der Waals surface area contributed by atoms with Gasteiger partial charge in [0.25, 0.3) is 0 Å². The van der Waals surface area contributed by atoms with Crippen LogP contribution in [0.15, 0.2) is 30.3 Å². The Morgan fingerprint density at radius 1 is 1.27 bits per heavy atom. The second-order valence-electron chi connectivity index (χ2n) is 7.55. The number of carbonyl (C=O) groups excluding carboxylic acids is 2. The molecule has 0 fully saturated rings. The Balaban J connectivity index is 2.30. The molecule has 0 aliphatic rings. The van der Waals surface area contributed by atoms with Gasteiger partial charge in [-0.3, -0.25) is 9.59 Å². The lowest BCUT2D eigenvalue weighted by atomic mass is 10.0. The van der Waals surface area contributed by atoms with Gasteiger partial charge in [0, 0.05) is 30.5 Å². The van der Waals surface area contributed by atoms with Gasteiger partial charge in [-0.1, -0.05) is 30.7 Å². The summed E-state index contributed by atoms with van der Waals surface area (Å²) in [5.41, 5.74) is 7.43. The molecule has 0 spiro atoms. The highest BCUT2D eigenvalue weighted by molar-refractivity contribution is 6.32. The van der Waals surface area contributed by atoms with Crippen LogP contribution in [0.3, 0.4) is 0 Å². The molecule has 1 amide bonds. The zero-order valence-electron chi connectivity index (χ0n) is 17.7. The number of primary amides is 1. The number of benzene rings is 2. The minimum absolute atomic E-state index is 0.0595. The fraction of sp³-hybridized carbons (Fsp3) is 0.391. The summed E-state index contributed by atoms with van der Waals surface area (Å²) in [5.74, 6) is -0.540. The van der Waals surface area contributed by atoms with E-state index in [4.69, 9.17) is 22.1 Å². The van der Waals surface area contributed by atoms with Gasteiger partial charge >= 0.3 is 0 Å². The Labute approximate surface area is 181 Å². The fourth-order valence-corrected chi connectivity index (χ4v) is 3.54. The van der Waals surface area contributed by atoms with Crippen molar-refractivity contribution in [1.82, 2.24) is 5.32 Å². The summed E-state index contributed by atoms with van der Waals surface area (Å²) in [5, 5.41) is 3.38. The van der Waals surface area contributed by atoms with Gasteiger partial charge < -0.3 is 15.8 Å². The van der Waals surface area contributed by atoms with Crippen molar-refractivity contribution in [2.24, 2.45) is 5.73 Å². The summed E-state index contributed by atoms with van der Waals surface area (Å²) in [6, 6.07) is 7.91. The number of hydrogen-bond donors (Lipinski definition) is 2. The van der Waals surface area contributed by atoms with Crippen molar-refractivity contribution < 1.29 is 18.7 Å². The van der Waals surface area contributed by atoms with Crippen molar-refractivity contribution in [2.75, 3.05) is 0 Å². The van der Waals surface area contributed by atoms with E-state index in [2.05, 4.69) is 5.32 Å². The molecule has 0 bridgehead atoms. The van der Waals surface area contributed by atoms with Crippen LogP contribution in [0.25, 0.3) is 0 Å².